The van der Waals surface area contributed by atoms with E-state index in [2.05, 4.69) is 5.32 Å². The Labute approximate surface area is 206 Å². The monoisotopic (exact) mass is 491 g/mol. The van der Waals surface area contributed by atoms with Crippen LogP contribution in [-0.4, -0.2) is 29.5 Å². The van der Waals surface area contributed by atoms with Crippen LogP contribution >= 0.6 is 11.6 Å². The molecule has 1 aliphatic rings. The predicted octanol–water partition coefficient (Wildman–Crippen LogP) is 4.64. The Bertz CT molecular complexity index is 1480. The molecule has 0 saturated carbocycles. The van der Waals surface area contributed by atoms with Gasteiger partial charge in [0.2, 0.25) is 11.8 Å². The fourth-order valence-corrected chi connectivity index (χ4v) is 4.35. The SMILES string of the molecule is COc1ccc(Cl)cc1NC(=O)Cn1c2c(c(=O)n1-c1ccccc1)Cc1cccc(OC)c1O2. The molecule has 0 aliphatic carbocycles. The zero-order valence-corrected chi connectivity index (χ0v) is 19.8. The standard InChI is InChI=1S/C26H22ClN3O5/c1-33-21-12-11-17(27)14-20(21)28-23(31)15-29-26-19(25(32)30(29)18-8-4-3-5-9-18)13-16-7-6-10-22(34-2)24(16)35-26/h3-12,14H,13,15H2,1-2H3,(H,28,31). The molecule has 5 rings (SSSR count). The van der Waals surface area contributed by atoms with Crippen LogP contribution in [0.4, 0.5) is 5.69 Å². The molecule has 178 valence electrons. The minimum absolute atomic E-state index is 0.195. The highest BCUT2D eigenvalue weighted by atomic mass is 35.5. The molecule has 0 bridgehead atoms. The first-order chi connectivity index (χ1) is 17.0. The molecule has 0 radical (unpaired) electrons. The molecule has 0 unspecified atom stereocenters. The number of anilines is 1. The lowest BCUT2D eigenvalue weighted by Gasteiger charge is -2.21. The van der Waals surface area contributed by atoms with Crippen LogP contribution in [0, 0.1) is 0 Å². The number of carbonyl (C=O) groups excluding carboxylic acids is 1. The van der Waals surface area contributed by atoms with Crippen molar-refractivity contribution in [2.45, 2.75) is 13.0 Å². The van der Waals surface area contributed by atoms with Crippen molar-refractivity contribution in [2.75, 3.05) is 19.5 Å². The first-order valence-electron chi connectivity index (χ1n) is 10.9. The van der Waals surface area contributed by atoms with Gasteiger partial charge in [-0.15, -0.1) is 0 Å². The Morgan fingerprint density at radius 1 is 1.03 bits per heavy atom. The highest BCUT2D eigenvalue weighted by Crippen LogP contribution is 2.41. The van der Waals surface area contributed by atoms with Crippen LogP contribution < -0.4 is 25.1 Å². The molecule has 0 saturated heterocycles. The number of hydrogen-bond donors (Lipinski definition) is 1. The lowest BCUT2D eigenvalue weighted by atomic mass is 10.0. The van der Waals surface area contributed by atoms with Gasteiger partial charge in [0.1, 0.15) is 12.3 Å². The van der Waals surface area contributed by atoms with E-state index >= 15 is 0 Å². The number of nitrogens with zero attached hydrogens (tertiary/aromatic N) is 2. The minimum atomic E-state index is -0.387. The van der Waals surface area contributed by atoms with Crippen LogP contribution in [-0.2, 0) is 17.8 Å². The van der Waals surface area contributed by atoms with E-state index in [1.54, 1.807) is 43.5 Å². The number of amides is 1. The molecular formula is C26H22ClN3O5. The van der Waals surface area contributed by atoms with E-state index in [1.165, 1.54) is 16.5 Å². The number of nitrogens with one attached hydrogen (secondary N) is 1. The van der Waals surface area contributed by atoms with Crippen LogP contribution in [0.3, 0.4) is 0 Å². The average Bonchev–Trinajstić information content (AvgIpc) is 3.13. The normalized spacial score (nSPS) is 11.7. The zero-order chi connectivity index (χ0) is 24.5. The Balaban J connectivity index is 1.58. The highest BCUT2D eigenvalue weighted by molar-refractivity contribution is 6.31. The maximum atomic E-state index is 13.5. The lowest BCUT2D eigenvalue weighted by Crippen LogP contribution is -2.27. The molecule has 1 aliphatic heterocycles. The fraction of sp³-hybridized carbons (Fsp3) is 0.154. The quantitative estimate of drug-likeness (QED) is 0.374. The smallest absolute Gasteiger partial charge is 0.278 e. The fourth-order valence-electron chi connectivity index (χ4n) is 4.18. The van der Waals surface area contributed by atoms with Crippen LogP contribution in [0.15, 0.2) is 71.5 Å². The second-order valence-corrected chi connectivity index (χ2v) is 8.35. The number of fused-ring (bicyclic) bond motifs is 2. The minimum Gasteiger partial charge on any atom is -0.495 e. The van der Waals surface area contributed by atoms with E-state index in [-0.39, 0.29) is 18.0 Å². The maximum absolute atomic E-state index is 13.5. The molecule has 1 aromatic heterocycles. The lowest BCUT2D eigenvalue weighted by molar-refractivity contribution is -0.117. The second-order valence-electron chi connectivity index (χ2n) is 7.91. The summed E-state index contributed by atoms with van der Waals surface area (Å²) in [5.41, 5.74) is 2.07. The third-order valence-corrected chi connectivity index (χ3v) is 6.00. The summed E-state index contributed by atoms with van der Waals surface area (Å²) in [6.07, 6.45) is 0.351. The molecule has 35 heavy (non-hydrogen) atoms. The van der Waals surface area contributed by atoms with Gasteiger partial charge >= 0.3 is 0 Å². The van der Waals surface area contributed by atoms with Crippen molar-refractivity contribution < 1.29 is 19.0 Å². The van der Waals surface area contributed by atoms with E-state index in [4.69, 9.17) is 25.8 Å². The number of halogens is 1. The number of carbonyl (C=O) groups is 1. The Hall–Kier alpha value is -4.17. The predicted molar refractivity (Wildman–Crippen MR) is 133 cm³/mol. The number of methoxy groups -OCH3 is 2. The molecule has 0 fully saturated rings. The van der Waals surface area contributed by atoms with Crippen LogP contribution in [0.1, 0.15) is 11.1 Å². The summed E-state index contributed by atoms with van der Waals surface area (Å²) in [6.45, 7) is -0.195. The summed E-state index contributed by atoms with van der Waals surface area (Å²) in [5.74, 6) is 1.45. The largest absolute Gasteiger partial charge is 0.495 e. The van der Waals surface area contributed by atoms with Gasteiger partial charge in [-0.3, -0.25) is 9.59 Å². The van der Waals surface area contributed by atoms with Crippen molar-refractivity contribution in [2.24, 2.45) is 0 Å². The van der Waals surface area contributed by atoms with Gasteiger partial charge in [-0.05, 0) is 36.4 Å². The molecule has 0 atom stereocenters. The Morgan fingerprint density at radius 2 is 1.80 bits per heavy atom. The van der Waals surface area contributed by atoms with E-state index < -0.39 is 0 Å². The number of rotatable bonds is 6. The van der Waals surface area contributed by atoms with Gasteiger partial charge < -0.3 is 19.5 Å². The van der Waals surface area contributed by atoms with Crippen molar-refractivity contribution >= 4 is 23.2 Å². The summed E-state index contributed by atoms with van der Waals surface area (Å²) >= 11 is 6.11. The maximum Gasteiger partial charge on any atom is 0.278 e. The molecule has 9 heteroatoms. The van der Waals surface area contributed by atoms with E-state index in [1.807, 2.05) is 30.3 Å². The van der Waals surface area contributed by atoms with Crippen LogP contribution in [0.2, 0.25) is 5.02 Å². The molecule has 2 heterocycles. The van der Waals surface area contributed by atoms with Gasteiger partial charge in [0.05, 0.1) is 31.2 Å². The highest BCUT2D eigenvalue weighted by Gasteiger charge is 2.30. The van der Waals surface area contributed by atoms with E-state index in [9.17, 15) is 9.59 Å². The molecule has 1 N–H and O–H groups in total. The number of aromatic nitrogens is 2. The van der Waals surface area contributed by atoms with Gasteiger partial charge in [0, 0.05) is 17.0 Å². The first-order valence-corrected chi connectivity index (χ1v) is 11.2. The Morgan fingerprint density at radius 3 is 2.54 bits per heavy atom. The third kappa shape index (κ3) is 4.13. The topological polar surface area (TPSA) is 83.7 Å². The van der Waals surface area contributed by atoms with Crippen LogP contribution in [0.25, 0.3) is 5.69 Å². The molecular weight excluding hydrogens is 470 g/mol. The number of hydrogen-bond acceptors (Lipinski definition) is 5. The van der Waals surface area contributed by atoms with Gasteiger partial charge in [-0.2, -0.15) is 0 Å². The van der Waals surface area contributed by atoms with Gasteiger partial charge in [0.15, 0.2) is 11.5 Å². The van der Waals surface area contributed by atoms with Gasteiger partial charge in [-0.25, -0.2) is 9.36 Å². The first kappa shape index (κ1) is 22.6. The number of benzene rings is 3. The summed E-state index contributed by atoms with van der Waals surface area (Å²) in [6, 6.07) is 19.6. The third-order valence-electron chi connectivity index (χ3n) is 5.76. The molecule has 8 nitrogen and oxygen atoms in total. The Kier molecular flexibility index (Phi) is 5.96. The van der Waals surface area contributed by atoms with Crippen molar-refractivity contribution in [3.63, 3.8) is 0 Å². The summed E-state index contributed by atoms with van der Waals surface area (Å²) in [7, 11) is 3.06. The van der Waals surface area contributed by atoms with Crippen LogP contribution in [0.5, 0.6) is 23.1 Å². The average molecular weight is 492 g/mol. The summed E-state index contributed by atoms with van der Waals surface area (Å²) in [4.78, 5) is 26.7. The summed E-state index contributed by atoms with van der Waals surface area (Å²) in [5, 5.41) is 3.27. The number of ether oxygens (including phenoxy) is 3. The van der Waals surface area contributed by atoms with Gasteiger partial charge in [-0.1, -0.05) is 41.9 Å². The number of para-hydroxylation sites is 2. The zero-order valence-electron chi connectivity index (χ0n) is 19.1. The van der Waals surface area contributed by atoms with Gasteiger partial charge in [0.25, 0.3) is 5.56 Å². The van der Waals surface area contributed by atoms with E-state index in [0.29, 0.717) is 51.5 Å². The molecule has 0 spiro atoms. The van der Waals surface area contributed by atoms with Crippen molar-refractivity contribution in [1.82, 2.24) is 9.36 Å². The van der Waals surface area contributed by atoms with Crippen molar-refractivity contribution in [1.29, 1.82) is 0 Å². The molecule has 3 aromatic carbocycles. The van der Waals surface area contributed by atoms with Crippen molar-refractivity contribution in [3.8, 4) is 28.8 Å². The second kappa shape index (κ2) is 9.23. The van der Waals surface area contributed by atoms with E-state index in [0.717, 1.165) is 5.56 Å². The van der Waals surface area contributed by atoms with Crippen molar-refractivity contribution in [3.05, 3.63) is 93.2 Å². The molecule has 1 amide bonds. The molecule has 4 aromatic rings. The summed E-state index contributed by atoms with van der Waals surface area (Å²) < 4.78 is 20.0.